The summed E-state index contributed by atoms with van der Waals surface area (Å²) in [6.07, 6.45) is 2.14. The van der Waals surface area contributed by atoms with Crippen LogP contribution in [0.25, 0.3) is 0 Å². The molecule has 0 bridgehead atoms. The second kappa shape index (κ2) is 10.9. The van der Waals surface area contributed by atoms with Crippen LogP contribution in [-0.2, 0) is 4.79 Å². The third kappa shape index (κ3) is 6.64. The minimum atomic E-state index is -0.416. The molecule has 1 saturated heterocycles. The summed E-state index contributed by atoms with van der Waals surface area (Å²) in [4.78, 5) is 39.0. The van der Waals surface area contributed by atoms with Crippen LogP contribution in [-0.4, -0.2) is 42.3 Å². The molecule has 2 aromatic rings. The first-order valence-electron chi connectivity index (χ1n) is 11.0. The smallest absolute Gasteiger partial charge is 0.319 e. The van der Waals surface area contributed by atoms with Gasteiger partial charge in [0.05, 0.1) is 0 Å². The van der Waals surface area contributed by atoms with Crippen molar-refractivity contribution in [1.82, 2.24) is 10.2 Å². The number of piperidine rings is 1. The van der Waals surface area contributed by atoms with E-state index in [4.69, 9.17) is 0 Å². The molecule has 2 N–H and O–H groups in total. The molecule has 1 fully saturated rings. The lowest BCUT2D eigenvalue weighted by molar-refractivity contribution is -0.132. The average Bonchev–Trinajstić information content (AvgIpc) is 2.78. The number of amides is 3. The molecule has 0 saturated carbocycles. The number of hydrogen-bond donors (Lipinski definition) is 2. The maximum atomic E-state index is 13.2. The molecule has 32 heavy (non-hydrogen) atoms. The number of Topliss-reactive ketones (excluding diaryl/α,β-unsaturated/α-hetero) is 1. The predicted molar refractivity (Wildman–Crippen MR) is 122 cm³/mol. The molecule has 0 radical (unpaired) electrons. The largest absolute Gasteiger partial charge is 0.342 e. The van der Waals surface area contributed by atoms with Crippen LogP contribution in [0.4, 0.5) is 14.9 Å². The van der Waals surface area contributed by atoms with E-state index >= 15 is 0 Å². The number of carbonyl (C=O) groups is 3. The first-order valence-corrected chi connectivity index (χ1v) is 11.0. The van der Waals surface area contributed by atoms with Crippen molar-refractivity contribution in [3.05, 3.63) is 65.0 Å². The zero-order valence-corrected chi connectivity index (χ0v) is 18.6. The highest BCUT2D eigenvalue weighted by atomic mass is 19.1. The number of ketones is 1. The Bertz CT molecular complexity index is 992. The number of nitrogens with zero attached hydrogens (tertiary/aromatic N) is 1. The highest BCUT2D eigenvalue weighted by molar-refractivity contribution is 5.98. The number of aryl methyl sites for hydroxylation is 2. The van der Waals surface area contributed by atoms with Gasteiger partial charge in [0.25, 0.3) is 0 Å². The van der Waals surface area contributed by atoms with Crippen LogP contribution in [0.1, 0.15) is 47.2 Å². The second-order valence-corrected chi connectivity index (χ2v) is 8.42. The number of benzene rings is 2. The van der Waals surface area contributed by atoms with E-state index in [0.29, 0.717) is 30.9 Å². The topological polar surface area (TPSA) is 78.5 Å². The molecular formula is C25H30FN3O3. The van der Waals surface area contributed by atoms with Crippen molar-refractivity contribution < 1.29 is 18.8 Å². The van der Waals surface area contributed by atoms with Crippen molar-refractivity contribution in [1.29, 1.82) is 0 Å². The highest BCUT2D eigenvalue weighted by Crippen LogP contribution is 2.18. The van der Waals surface area contributed by atoms with E-state index in [1.54, 1.807) is 11.0 Å². The van der Waals surface area contributed by atoms with Crippen LogP contribution >= 0.6 is 0 Å². The Kier molecular flexibility index (Phi) is 7.98. The molecule has 0 aromatic heterocycles. The van der Waals surface area contributed by atoms with Crippen LogP contribution in [0.5, 0.6) is 0 Å². The first-order chi connectivity index (χ1) is 15.3. The minimum absolute atomic E-state index is 0.0225. The van der Waals surface area contributed by atoms with Crippen LogP contribution in [0.15, 0.2) is 42.5 Å². The number of nitrogens with one attached hydrogen (secondary N) is 2. The summed E-state index contributed by atoms with van der Waals surface area (Å²) in [5.41, 5.74) is 3.23. The Morgan fingerprint density at radius 2 is 1.88 bits per heavy atom. The molecule has 1 aliphatic heterocycles. The molecule has 7 heteroatoms. The van der Waals surface area contributed by atoms with Crippen LogP contribution in [0.2, 0.25) is 0 Å². The molecule has 1 atom stereocenters. The predicted octanol–water partition coefficient (Wildman–Crippen LogP) is 4.47. The van der Waals surface area contributed by atoms with E-state index in [1.807, 2.05) is 32.0 Å². The molecule has 170 valence electrons. The number of halogens is 1. The van der Waals surface area contributed by atoms with Gasteiger partial charge < -0.3 is 15.5 Å². The van der Waals surface area contributed by atoms with Gasteiger partial charge in [0.1, 0.15) is 5.82 Å². The number of hydrogen-bond acceptors (Lipinski definition) is 3. The minimum Gasteiger partial charge on any atom is -0.342 e. The second-order valence-electron chi connectivity index (χ2n) is 8.42. The average molecular weight is 440 g/mol. The molecule has 0 aliphatic carbocycles. The summed E-state index contributed by atoms with van der Waals surface area (Å²) in [5, 5.41) is 5.40. The fourth-order valence-corrected chi connectivity index (χ4v) is 3.87. The molecule has 1 unspecified atom stereocenters. The van der Waals surface area contributed by atoms with Gasteiger partial charge in [-0.3, -0.25) is 9.59 Å². The van der Waals surface area contributed by atoms with Crippen LogP contribution in [0, 0.1) is 25.6 Å². The van der Waals surface area contributed by atoms with Gasteiger partial charge in [-0.2, -0.15) is 0 Å². The van der Waals surface area contributed by atoms with Crippen molar-refractivity contribution >= 4 is 23.4 Å². The zero-order chi connectivity index (χ0) is 23.1. The van der Waals surface area contributed by atoms with E-state index in [-0.39, 0.29) is 30.4 Å². The van der Waals surface area contributed by atoms with E-state index in [2.05, 4.69) is 10.6 Å². The standard InChI is InChI=1S/C25H30FN3O3/c1-17-8-9-20(13-18(17)2)23(30)10-11-24(31)29-12-4-5-19(16-29)15-27-25(32)28-22-7-3-6-21(26)14-22/h3,6-9,13-14,19H,4-5,10-12,15-16H2,1-2H3,(H2,27,28,32). The van der Waals surface area contributed by atoms with Gasteiger partial charge in [-0.25, -0.2) is 9.18 Å². The highest BCUT2D eigenvalue weighted by Gasteiger charge is 2.24. The lowest BCUT2D eigenvalue weighted by Gasteiger charge is -2.33. The van der Waals surface area contributed by atoms with E-state index in [9.17, 15) is 18.8 Å². The normalized spacial score (nSPS) is 15.8. The van der Waals surface area contributed by atoms with Crippen molar-refractivity contribution in [2.45, 2.75) is 39.5 Å². The van der Waals surface area contributed by atoms with Gasteiger partial charge in [-0.15, -0.1) is 0 Å². The van der Waals surface area contributed by atoms with Crippen molar-refractivity contribution in [2.75, 3.05) is 25.0 Å². The molecule has 1 heterocycles. The lowest BCUT2D eigenvalue weighted by atomic mass is 9.97. The summed E-state index contributed by atoms with van der Waals surface area (Å²) in [6.45, 7) is 5.61. The van der Waals surface area contributed by atoms with E-state index < -0.39 is 11.8 Å². The van der Waals surface area contributed by atoms with Gasteiger partial charge >= 0.3 is 6.03 Å². The molecule has 2 aromatic carbocycles. The van der Waals surface area contributed by atoms with Crippen molar-refractivity contribution in [3.8, 4) is 0 Å². The Morgan fingerprint density at radius 3 is 2.62 bits per heavy atom. The van der Waals surface area contributed by atoms with Crippen LogP contribution in [0.3, 0.4) is 0 Å². The molecule has 3 rings (SSSR count). The third-order valence-corrected chi connectivity index (χ3v) is 5.90. The number of rotatable bonds is 7. The summed E-state index contributed by atoms with van der Waals surface area (Å²) >= 11 is 0. The van der Waals surface area contributed by atoms with Crippen LogP contribution < -0.4 is 10.6 Å². The van der Waals surface area contributed by atoms with E-state index in [1.165, 1.54) is 18.2 Å². The number of urea groups is 1. The molecule has 6 nitrogen and oxygen atoms in total. The molecule has 0 spiro atoms. The molecular weight excluding hydrogens is 409 g/mol. The Hall–Kier alpha value is -3.22. The van der Waals surface area contributed by atoms with Gasteiger partial charge in [0, 0.05) is 43.7 Å². The van der Waals surface area contributed by atoms with Gasteiger partial charge in [-0.1, -0.05) is 18.2 Å². The monoisotopic (exact) mass is 439 g/mol. The zero-order valence-electron chi connectivity index (χ0n) is 18.6. The summed E-state index contributed by atoms with van der Waals surface area (Å²) in [5.74, 6) is -0.330. The fraction of sp³-hybridized carbons (Fsp3) is 0.400. The Labute approximate surface area is 188 Å². The molecule has 1 aliphatic rings. The maximum absolute atomic E-state index is 13.2. The summed E-state index contributed by atoms with van der Waals surface area (Å²) in [6, 6.07) is 10.9. The molecule has 3 amide bonds. The quantitative estimate of drug-likeness (QED) is 0.625. The SMILES string of the molecule is Cc1ccc(C(=O)CCC(=O)N2CCCC(CNC(=O)Nc3cccc(F)c3)C2)cc1C. The van der Waals surface area contributed by atoms with Crippen molar-refractivity contribution in [3.63, 3.8) is 0 Å². The Morgan fingerprint density at radius 1 is 1.06 bits per heavy atom. The van der Waals surface area contributed by atoms with E-state index in [0.717, 1.165) is 24.0 Å². The van der Waals surface area contributed by atoms with Gasteiger partial charge in [-0.05, 0) is 68.0 Å². The van der Waals surface area contributed by atoms with Gasteiger partial charge in [0.15, 0.2) is 5.78 Å². The Balaban J connectivity index is 1.43. The number of anilines is 1. The lowest BCUT2D eigenvalue weighted by Crippen LogP contribution is -2.44. The fourth-order valence-electron chi connectivity index (χ4n) is 3.87. The maximum Gasteiger partial charge on any atom is 0.319 e. The van der Waals surface area contributed by atoms with Gasteiger partial charge in [0.2, 0.25) is 5.91 Å². The first kappa shape index (κ1) is 23.4. The number of likely N-dealkylation sites (tertiary alicyclic amines) is 1. The summed E-state index contributed by atoms with van der Waals surface area (Å²) in [7, 11) is 0. The van der Waals surface area contributed by atoms with Crippen molar-refractivity contribution in [2.24, 2.45) is 5.92 Å². The summed E-state index contributed by atoms with van der Waals surface area (Å²) < 4.78 is 13.2. The third-order valence-electron chi connectivity index (χ3n) is 5.90. The number of carbonyl (C=O) groups excluding carboxylic acids is 3.